The molecule has 0 aliphatic carbocycles. The molecular weight excluding hydrogens is 310 g/mol. The number of ether oxygens (including phenoxy) is 2. The second kappa shape index (κ2) is 8.23. The van der Waals surface area contributed by atoms with Crippen LogP contribution in [0.2, 0.25) is 5.02 Å². The molecule has 3 nitrogen and oxygen atoms in total. The van der Waals surface area contributed by atoms with Gasteiger partial charge in [-0.15, -0.1) is 0 Å². The Balaban J connectivity index is 1.36. The first-order valence-corrected chi connectivity index (χ1v) is 8.50. The molecule has 0 unspecified atom stereocenters. The maximum Gasteiger partial charge on any atom is 0.119 e. The van der Waals surface area contributed by atoms with Crippen molar-refractivity contribution in [2.45, 2.75) is 18.9 Å². The van der Waals surface area contributed by atoms with Crippen LogP contribution in [-0.4, -0.2) is 37.2 Å². The molecule has 0 bridgehead atoms. The summed E-state index contributed by atoms with van der Waals surface area (Å²) in [6.07, 6.45) is 2.39. The number of para-hydroxylation sites is 1. The van der Waals surface area contributed by atoms with Crippen molar-refractivity contribution in [1.29, 1.82) is 0 Å². The van der Waals surface area contributed by atoms with Crippen LogP contribution in [0.5, 0.6) is 11.5 Å². The summed E-state index contributed by atoms with van der Waals surface area (Å²) in [5, 5.41) is 0.741. The van der Waals surface area contributed by atoms with Gasteiger partial charge in [-0.25, -0.2) is 0 Å². The van der Waals surface area contributed by atoms with E-state index < -0.39 is 0 Å². The first-order valence-electron chi connectivity index (χ1n) is 8.12. The number of benzene rings is 2. The number of hydrogen-bond donors (Lipinski definition) is 0. The Bertz CT molecular complexity index is 580. The fourth-order valence-corrected chi connectivity index (χ4v) is 2.89. The Kier molecular flexibility index (Phi) is 5.78. The molecule has 2 aromatic carbocycles. The van der Waals surface area contributed by atoms with Crippen molar-refractivity contribution in [3.8, 4) is 11.5 Å². The van der Waals surface area contributed by atoms with Gasteiger partial charge in [0.15, 0.2) is 0 Å². The molecule has 4 heteroatoms. The monoisotopic (exact) mass is 331 g/mol. The summed E-state index contributed by atoms with van der Waals surface area (Å²) in [5.74, 6) is 1.84. The van der Waals surface area contributed by atoms with Crippen molar-refractivity contribution in [3.05, 3.63) is 59.6 Å². The number of nitrogens with zero attached hydrogens (tertiary/aromatic N) is 1. The van der Waals surface area contributed by atoms with E-state index in [4.69, 9.17) is 21.1 Å². The molecule has 2 aromatic rings. The highest BCUT2D eigenvalue weighted by Crippen LogP contribution is 2.21. The van der Waals surface area contributed by atoms with Crippen molar-refractivity contribution < 1.29 is 9.47 Å². The summed E-state index contributed by atoms with van der Waals surface area (Å²) >= 11 is 5.89. The van der Waals surface area contributed by atoms with Gasteiger partial charge in [-0.05, 0) is 49.2 Å². The van der Waals surface area contributed by atoms with Gasteiger partial charge in [-0.3, -0.25) is 4.90 Å². The fourth-order valence-electron chi connectivity index (χ4n) is 2.77. The van der Waals surface area contributed by atoms with E-state index in [1.165, 1.54) is 0 Å². The lowest BCUT2D eigenvalue weighted by atomic mass is 10.1. The lowest BCUT2D eigenvalue weighted by Gasteiger charge is -2.32. The number of hydrogen-bond acceptors (Lipinski definition) is 3. The summed E-state index contributed by atoms with van der Waals surface area (Å²) < 4.78 is 11.8. The maximum absolute atomic E-state index is 6.02. The summed E-state index contributed by atoms with van der Waals surface area (Å²) in [6.45, 7) is 3.79. The van der Waals surface area contributed by atoms with E-state index >= 15 is 0 Å². The lowest BCUT2D eigenvalue weighted by Crippen LogP contribution is -2.40. The fraction of sp³-hybridized carbons (Fsp3) is 0.368. The SMILES string of the molecule is Clc1ccc(OC2CCN(CCOc3ccccc3)CC2)cc1. The first kappa shape index (κ1) is 16.2. The Hall–Kier alpha value is -1.71. The lowest BCUT2D eigenvalue weighted by molar-refractivity contribution is 0.0915. The molecule has 1 heterocycles. The highest BCUT2D eigenvalue weighted by molar-refractivity contribution is 6.30. The molecule has 1 aliphatic heterocycles. The molecule has 0 spiro atoms. The van der Waals surface area contributed by atoms with Gasteiger partial charge in [0.25, 0.3) is 0 Å². The van der Waals surface area contributed by atoms with Gasteiger partial charge in [0, 0.05) is 24.7 Å². The minimum Gasteiger partial charge on any atom is -0.492 e. The highest BCUT2D eigenvalue weighted by Gasteiger charge is 2.20. The molecule has 0 aromatic heterocycles. The zero-order valence-corrected chi connectivity index (χ0v) is 13.9. The quantitative estimate of drug-likeness (QED) is 0.789. The first-order chi connectivity index (χ1) is 11.3. The molecule has 1 saturated heterocycles. The molecule has 1 aliphatic rings. The van der Waals surface area contributed by atoms with Crippen molar-refractivity contribution in [3.63, 3.8) is 0 Å². The maximum atomic E-state index is 6.02. The molecule has 0 amide bonds. The van der Waals surface area contributed by atoms with Crippen LogP contribution in [0.1, 0.15) is 12.8 Å². The zero-order chi connectivity index (χ0) is 15.9. The van der Waals surface area contributed by atoms with Crippen LogP contribution in [0.15, 0.2) is 54.6 Å². The van der Waals surface area contributed by atoms with Gasteiger partial charge in [-0.2, -0.15) is 0 Å². The van der Waals surface area contributed by atoms with E-state index in [9.17, 15) is 0 Å². The largest absolute Gasteiger partial charge is 0.492 e. The molecule has 23 heavy (non-hydrogen) atoms. The van der Waals surface area contributed by atoms with Crippen LogP contribution >= 0.6 is 11.6 Å². The van der Waals surface area contributed by atoms with Gasteiger partial charge in [0.1, 0.15) is 24.2 Å². The van der Waals surface area contributed by atoms with Crippen molar-refractivity contribution in [1.82, 2.24) is 4.90 Å². The Morgan fingerprint density at radius 1 is 0.913 bits per heavy atom. The number of likely N-dealkylation sites (tertiary alicyclic amines) is 1. The molecule has 0 radical (unpaired) electrons. The Morgan fingerprint density at radius 3 is 2.30 bits per heavy atom. The van der Waals surface area contributed by atoms with E-state index in [1.807, 2.05) is 54.6 Å². The summed E-state index contributed by atoms with van der Waals surface area (Å²) in [7, 11) is 0. The van der Waals surface area contributed by atoms with Gasteiger partial charge in [0.2, 0.25) is 0 Å². The average molecular weight is 332 g/mol. The summed E-state index contributed by atoms with van der Waals surface area (Å²) in [4.78, 5) is 2.44. The Morgan fingerprint density at radius 2 is 1.61 bits per heavy atom. The number of halogens is 1. The molecule has 3 rings (SSSR count). The standard InChI is InChI=1S/C19H22ClNO2/c20-16-6-8-18(9-7-16)23-19-10-12-21(13-11-19)14-15-22-17-4-2-1-3-5-17/h1-9,19H,10-15H2. The third-order valence-electron chi connectivity index (χ3n) is 4.07. The highest BCUT2D eigenvalue weighted by atomic mass is 35.5. The predicted molar refractivity (Wildman–Crippen MR) is 93.5 cm³/mol. The second-order valence-electron chi connectivity index (χ2n) is 5.77. The normalized spacial score (nSPS) is 16.2. The molecular formula is C19H22ClNO2. The third kappa shape index (κ3) is 5.15. The summed E-state index contributed by atoms with van der Waals surface area (Å²) in [5.41, 5.74) is 0. The van der Waals surface area contributed by atoms with E-state index in [1.54, 1.807) is 0 Å². The van der Waals surface area contributed by atoms with Crippen molar-refractivity contribution in [2.75, 3.05) is 26.2 Å². The second-order valence-corrected chi connectivity index (χ2v) is 6.21. The van der Waals surface area contributed by atoms with Gasteiger partial charge >= 0.3 is 0 Å². The van der Waals surface area contributed by atoms with Crippen LogP contribution in [-0.2, 0) is 0 Å². The Labute approximate surface area is 142 Å². The topological polar surface area (TPSA) is 21.7 Å². The van der Waals surface area contributed by atoms with Crippen molar-refractivity contribution in [2.24, 2.45) is 0 Å². The van der Waals surface area contributed by atoms with E-state index in [0.717, 1.165) is 55.6 Å². The molecule has 0 saturated carbocycles. The number of piperidine rings is 1. The van der Waals surface area contributed by atoms with Crippen LogP contribution < -0.4 is 9.47 Å². The minimum absolute atomic E-state index is 0.294. The number of rotatable bonds is 6. The van der Waals surface area contributed by atoms with Crippen LogP contribution in [0.3, 0.4) is 0 Å². The van der Waals surface area contributed by atoms with E-state index in [2.05, 4.69) is 4.90 Å². The smallest absolute Gasteiger partial charge is 0.119 e. The summed E-state index contributed by atoms with van der Waals surface area (Å²) in [6, 6.07) is 17.6. The molecule has 1 fully saturated rings. The van der Waals surface area contributed by atoms with E-state index in [0.29, 0.717) is 6.10 Å². The van der Waals surface area contributed by atoms with Crippen LogP contribution in [0.4, 0.5) is 0 Å². The van der Waals surface area contributed by atoms with Crippen molar-refractivity contribution >= 4 is 11.6 Å². The van der Waals surface area contributed by atoms with Gasteiger partial charge < -0.3 is 9.47 Å². The van der Waals surface area contributed by atoms with E-state index in [-0.39, 0.29) is 0 Å². The molecule has 0 atom stereocenters. The molecule has 122 valence electrons. The van der Waals surface area contributed by atoms with Gasteiger partial charge in [-0.1, -0.05) is 29.8 Å². The molecule has 0 N–H and O–H groups in total. The average Bonchev–Trinajstić information content (AvgIpc) is 2.59. The minimum atomic E-state index is 0.294. The van der Waals surface area contributed by atoms with Crippen LogP contribution in [0, 0.1) is 0 Å². The predicted octanol–water partition coefficient (Wildman–Crippen LogP) is 4.26. The zero-order valence-electron chi connectivity index (χ0n) is 13.2. The third-order valence-corrected chi connectivity index (χ3v) is 4.32. The van der Waals surface area contributed by atoms with Gasteiger partial charge in [0.05, 0.1) is 0 Å². The van der Waals surface area contributed by atoms with Crippen LogP contribution in [0.25, 0.3) is 0 Å².